The maximum atomic E-state index is 13.7. The molecule has 1 aliphatic heterocycles. The third-order valence-electron chi connectivity index (χ3n) is 8.89. The monoisotopic (exact) mass is 710 g/mol. The molecular weight excluding hydrogens is 656 g/mol. The minimum Gasteiger partial charge on any atom is -0.480 e. The van der Waals surface area contributed by atoms with Gasteiger partial charge >= 0.3 is 5.97 Å². The SMILES string of the molecule is CN[C@H](C(=O)NC(C(=O)N(C)C/C=C(\C)C(=O)N[C@H](CCC(=O)NCCCCN1C(=O)C=CC1=O)C(=O)O)C(C)(C)C)C(C)(C)c1ccccc1. The van der Waals surface area contributed by atoms with Crippen molar-refractivity contribution in [1.29, 1.82) is 0 Å². The van der Waals surface area contributed by atoms with Crippen LogP contribution in [0.5, 0.6) is 0 Å². The standard InChI is InChI=1S/C37H54N6O8/c1-24(32(47)40-26(35(50)51)16-17-27(44)39-21-12-13-22-43-28(45)18-19-29(43)46)20-23-42(8)34(49)31(36(2,3)4)41-33(48)30(38-7)37(5,6)25-14-10-9-11-15-25/h9-11,14-15,18-20,26,30-31,38H,12-13,16-17,21-23H2,1-8H3,(H,39,44)(H,40,47)(H,41,48)(H,50,51)/b24-20+/t26-,30-,31?/m1/s1. The second-order valence-electron chi connectivity index (χ2n) is 14.3. The highest BCUT2D eigenvalue weighted by molar-refractivity contribution is 6.12. The number of imide groups is 1. The van der Waals surface area contributed by atoms with Crippen molar-refractivity contribution in [3.8, 4) is 0 Å². The van der Waals surface area contributed by atoms with E-state index in [0.29, 0.717) is 12.8 Å². The number of carbonyl (C=O) groups is 7. The maximum Gasteiger partial charge on any atom is 0.326 e. The van der Waals surface area contributed by atoms with Crippen molar-refractivity contribution >= 4 is 41.4 Å². The van der Waals surface area contributed by atoms with E-state index < -0.39 is 46.7 Å². The van der Waals surface area contributed by atoms with Crippen LogP contribution in [0, 0.1) is 5.41 Å². The summed E-state index contributed by atoms with van der Waals surface area (Å²) in [6.07, 6.45) is 4.61. The third-order valence-corrected chi connectivity index (χ3v) is 8.89. The Morgan fingerprint density at radius 1 is 0.922 bits per heavy atom. The van der Waals surface area contributed by atoms with Gasteiger partial charge in [-0.15, -0.1) is 0 Å². The fourth-order valence-electron chi connectivity index (χ4n) is 5.57. The number of benzene rings is 1. The summed E-state index contributed by atoms with van der Waals surface area (Å²) in [5, 5.41) is 20.8. The maximum absolute atomic E-state index is 13.7. The Hall–Kier alpha value is -4.85. The first-order valence-corrected chi connectivity index (χ1v) is 17.1. The molecule has 0 spiro atoms. The Morgan fingerprint density at radius 2 is 1.53 bits per heavy atom. The van der Waals surface area contributed by atoms with Crippen LogP contribution in [0.3, 0.4) is 0 Å². The van der Waals surface area contributed by atoms with E-state index in [0.717, 1.165) is 10.5 Å². The van der Waals surface area contributed by atoms with Crippen molar-refractivity contribution in [1.82, 2.24) is 31.1 Å². The average Bonchev–Trinajstić information content (AvgIpc) is 3.39. The molecule has 6 amide bonds. The van der Waals surface area contributed by atoms with Crippen molar-refractivity contribution in [3.63, 3.8) is 0 Å². The van der Waals surface area contributed by atoms with Gasteiger partial charge in [-0.2, -0.15) is 0 Å². The lowest BCUT2D eigenvalue weighted by molar-refractivity contribution is -0.141. The van der Waals surface area contributed by atoms with E-state index in [4.69, 9.17) is 0 Å². The minimum absolute atomic E-state index is 0.0161. The van der Waals surface area contributed by atoms with Gasteiger partial charge in [0.2, 0.25) is 23.6 Å². The summed E-state index contributed by atoms with van der Waals surface area (Å²) >= 11 is 0. The molecule has 1 aliphatic rings. The number of hydrogen-bond donors (Lipinski definition) is 5. The zero-order valence-electron chi connectivity index (χ0n) is 31.0. The number of hydrogen-bond acceptors (Lipinski definition) is 8. The second-order valence-corrected chi connectivity index (χ2v) is 14.3. The van der Waals surface area contributed by atoms with Crippen LogP contribution < -0.4 is 21.3 Å². The molecule has 1 aromatic carbocycles. The molecule has 51 heavy (non-hydrogen) atoms. The minimum atomic E-state index is -1.33. The molecule has 0 saturated heterocycles. The summed E-state index contributed by atoms with van der Waals surface area (Å²) in [4.78, 5) is 90.0. The second kappa shape index (κ2) is 18.9. The van der Waals surface area contributed by atoms with Gasteiger partial charge in [0.1, 0.15) is 12.1 Å². The molecule has 0 aromatic heterocycles. The lowest BCUT2D eigenvalue weighted by Crippen LogP contribution is -2.60. The van der Waals surface area contributed by atoms with Crippen LogP contribution in [0.25, 0.3) is 0 Å². The summed E-state index contributed by atoms with van der Waals surface area (Å²) in [6, 6.07) is 6.76. The van der Waals surface area contributed by atoms with E-state index in [1.807, 2.05) is 65.0 Å². The van der Waals surface area contributed by atoms with Gasteiger partial charge in [-0.25, -0.2) is 4.79 Å². The van der Waals surface area contributed by atoms with Crippen LogP contribution in [0.4, 0.5) is 0 Å². The normalized spacial score (nSPS) is 15.2. The number of rotatable bonds is 19. The fourth-order valence-corrected chi connectivity index (χ4v) is 5.57. The van der Waals surface area contributed by atoms with Gasteiger partial charge in [-0.1, -0.05) is 71.0 Å². The molecule has 0 aliphatic carbocycles. The summed E-state index contributed by atoms with van der Waals surface area (Å²) in [5.74, 6) is -3.80. The zero-order valence-corrected chi connectivity index (χ0v) is 31.0. The number of nitrogens with one attached hydrogen (secondary N) is 4. The summed E-state index contributed by atoms with van der Waals surface area (Å²) in [5.41, 5.74) is -0.118. The number of amides is 6. The molecule has 0 saturated carbocycles. The van der Waals surface area contributed by atoms with E-state index in [1.165, 1.54) is 30.1 Å². The van der Waals surface area contributed by atoms with Crippen molar-refractivity contribution in [3.05, 3.63) is 59.7 Å². The van der Waals surface area contributed by atoms with Crippen molar-refractivity contribution in [2.45, 2.75) is 90.8 Å². The number of nitrogens with zero attached hydrogens (tertiary/aromatic N) is 2. The van der Waals surface area contributed by atoms with Gasteiger partial charge in [-0.05, 0) is 44.2 Å². The molecule has 14 nitrogen and oxygen atoms in total. The van der Waals surface area contributed by atoms with Crippen LogP contribution in [-0.2, 0) is 39.0 Å². The lowest BCUT2D eigenvalue weighted by atomic mass is 9.76. The van der Waals surface area contributed by atoms with Gasteiger partial charge in [0.05, 0.1) is 6.04 Å². The molecule has 1 aromatic rings. The predicted molar refractivity (Wildman–Crippen MR) is 192 cm³/mol. The molecule has 14 heteroatoms. The lowest BCUT2D eigenvalue weighted by Gasteiger charge is -2.38. The molecule has 0 bridgehead atoms. The van der Waals surface area contributed by atoms with Gasteiger partial charge in [0, 0.05) is 56.2 Å². The van der Waals surface area contributed by atoms with E-state index in [9.17, 15) is 38.7 Å². The fraction of sp³-hybridized carbons (Fsp3) is 0.541. The Bertz CT molecular complexity index is 1480. The molecule has 0 radical (unpaired) electrons. The molecule has 1 heterocycles. The van der Waals surface area contributed by atoms with Gasteiger partial charge in [0.15, 0.2) is 0 Å². The summed E-state index contributed by atoms with van der Waals surface area (Å²) in [6.45, 7) is 11.5. The smallest absolute Gasteiger partial charge is 0.326 e. The zero-order chi connectivity index (χ0) is 38.5. The quantitative estimate of drug-likeness (QED) is 0.0807. The Labute approximate surface area is 300 Å². The van der Waals surface area contributed by atoms with Crippen LogP contribution in [0.1, 0.15) is 72.8 Å². The van der Waals surface area contributed by atoms with E-state index in [-0.39, 0.29) is 61.7 Å². The predicted octanol–water partition coefficient (Wildman–Crippen LogP) is 1.66. The van der Waals surface area contributed by atoms with Crippen molar-refractivity contribution in [2.75, 3.05) is 33.7 Å². The number of carbonyl (C=O) groups excluding carboxylic acids is 6. The molecule has 5 N–H and O–H groups in total. The number of likely N-dealkylation sites (N-methyl/N-ethyl adjacent to an activating group) is 2. The average molecular weight is 711 g/mol. The van der Waals surface area contributed by atoms with Crippen LogP contribution >= 0.6 is 0 Å². The highest BCUT2D eigenvalue weighted by atomic mass is 16.4. The van der Waals surface area contributed by atoms with E-state index in [1.54, 1.807) is 14.1 Å². The van der Waals surface area contributed by atoms with Gasteiger partial charge < -0.3 is 31.3 Å². The topological polar surface area (TPSA) is 194 Å². The summed E-state index contributed by atoms with van der Waals surface area (Å²) in [7, 11) is 3.25. The van der Waals surface area contributed by atoms with E-state index >= 15 is 0 Å². The highest BCUT2D eigenvalue weighted by Crippen LogP contribution is 2.28. The number of unbranched alkanes of at least 4 members (excludes halogenated alkanes) is 1. The molecule has 0 fully saturated rings. The highest BCUT2D eigenvalue weighted by Gasteiger charge is 2.40. The first kappa shape index (κ1) is 42.3. The molecular formula is C37H54N6O8. The van der Waals surface area contributed by atoms with Gasteiger partial charge in [0.25, 0.3) is 11.8 Å². The first-order chi connectivity index (χ1) is 23.8. The van der Waals surface area contributed by atoms with Gasteiger partial charge in [-0.3, -0.25) is 33.7 Å². The number of carboxylic acids is 1. The van der Waals surface area contributed by atoms with Crippen molar-refractivity contribution < 1.29 is 38.7 Å². The van der Waals surface area contributed by atoms with Crippen molar-refractivity contribution in [2.24, 2.45) is 5.41 Å². The molecule has 2 rings (SSSR count). The van der Waals surface area contributed by atoms with Crippen LogP contribution in [0.2, 0.25) is 0 Å². The summed E-state index contributed by atoms with van der Waals surface area (Å²) < 4.78 is 0. The Morgan fingerprint density at radius 3 is 2.08 bits per heavy atom. The Kier molecular flexibility index (Phi) is 15.7. The number of aliphatic carboxylic acids is 1. The van der Waals surface area contributed by atoms with Crippen LogP contribution in [-0.4, -0.2) is 108 Å². The molecule has 1 unspecified atom stereocenters. The van der Waals surface area contributed by atoms with Crippen LogP contribution in [0.15, 0.2) is 54.1 Å². The molecule has 3 atom stereocenters. The molecule has 280 valence electrons. The Balaban J connectivity index is 1.92. The third kappa shape index (κ3) is 12.5. The first-order valence-electron chi connectivity index (χ1n) is 17.1. The number of carboxylic acid groups (broad SMARTS) is 1. The largest absolute Gasteiger partial charge is 0.480 e. The van der Waals surface area contributed by atoms with E-state index in [2.05, 4.69) is 21.3 Å².